The van der Waals surface area contributed by atoms with Gasteiger partial charge in [-0.1, -0.05) is 41.0 Å². The highest BCUT2D eigenvalue weighted by molar-refractivity contribution is 7.99. The summed E-state index contributed by atoms with van der Waals surface area (Å²) in [5.74, 6) is 5.41. The summed E-state index contributed by atoms with van der Waals surface area (Å²) >= 11 is 12.9. The zero-order valence-electron chi connectivity index (χ0n) is 12.9. The number of rotatable bonds is 5. The number of nitrogens with two attached hydrogens (primary N) is 1. The van der Waals surface area contributed by atoms with Crippen molar-refractivity contribution in [1.29, 1.82) is 0 Å². The molecule has 1 amide bonds. The molecule has 0 spiro atoms. The van der Waals surface area contributed by atoms with Gasteiger partial charge in [0, 0.05) is 0 Å². The summed E-state index contributed by atoms with van der Waals surface area (Å²) in [6, 6.07) is 4.91. The molecular formula is C14H15Cl2N5O2S. The Labute approximate surface area is 152 Å². The number of carbonyl (C=O) groups excluding carboxylic acids is 1. The minimum atomic E-state index is -0.447. The normalized spacial score (nSPS) is 12.0. The highest BCUT2D eigenvalue weighted by Crippen LogP contribution is 2.25. The van der Waals surface area contributed by atoms with Crippen LogP contribution in [0.3, 0.4) is 0 Å². The fourth-order valence-electron chi connectivity index (χ4n) is 1.85. The number of thioether (sulfide) groups is 1. The Balaban J connectivity index is 1.97. The van der Waals surface area contributed by atoms with E-state index in [2.05, 4.69) is 15.5 Å². The molecule has 1 atom stereocenters. The molecule has 0 aliphatic heterocycles. The Morgan fingerprint density at radius 2 is 2.08 bits per heavy atom. The van der Waals surface area contributed by atoms with Crippen LogP contribution in [0.15, 0.2) is 28.2 Å². The van der Waals surface area contributed by atoms with Crippen molar-refractivity contribution in [2.24, 2.45) is 0 Å². The van der Waals surface area contributed by atoms with Gasteiger partial charge >= 0.3 is 0 Å². The lowest BCUT2D eigenvalue weighted by Crippen LogP contribution is -2.33. The average Bonchev–Trinajstić information content (AvgIpc) is 2.54. The number of nitrogens with zero attached hydrogens (tertiary/aromatic N) is 3. The van der Waals surface area contributed by atoms with E-state index in [0.717, 1.165) is 22.0 Å². The molecule has 0 bridgehead atoms. The van der Waals surface area contributed by atoms with Crippen molar-refractivity contribution < 1.29 is 4.79 Å². The molecule has 0 unspecified atom stereocenters. The van der Waals surface area contributed by atoms with Crippen molar-refractivity contribution in [1.82, 2.24) is 20.2 Å². The number of aromatic nitrogens is 3. The number of hydrogen-bond acceptors (Lipinski definition) is 6. The second kappa shape index (κ2) is 7.87. The zero-order chi connectivity index (χ0) is 17.9. The van der Waals surface area contributed by atoms with Crippen LogP contribution >= 0.6 is 35.0 Å². The summed E-state index contributed by atoms with van der Waals surface area (Å²) in [6.07, 6.45) is 0. The number of halogens is 2. The molecule has 128 valence electrons. The Kier molecular flexibility index (Phi) is 6.09. The van der Waals surface area contributed by atoms with Crippen LogP contribution < -0.4 is 16.7 Å². The van der Waals surface area contributed by atoms with Gasteiger partial charge in [-0.25, -0.2) is 0 Å². The van der Waals surface area contributed by atoms with Gasteiger partial charge in [-0.15, -0.1) is 10.2 Å². The van der Waals surface area contributed by atoms with Gasteiger partial charge in [-0.3, -0.25) is 9.59 Å². The molecule has 0 saturated heterocycles. The van der Waals surface area contributed by atoms with E-state index in [0.29, 0.717) is 10.0 Å². The second-order valence-corrected chi connectivity index (χ2v) is 6.75. The lowest BCUT2D eigenvalue weighted by Gasteiger charge is -2.15. The Morgan fingerprint density at radius 1 is 1.38 bits per heavy atom. The second-order valence-electron chi connectivity index (χ2n) is 4.99. The molecule has 10 heteroatoms. The number of amides is 1. The van der Waals surface area contributed by atoms with E-state index in [4.69, 9.17) is 29.0 Å². The SMILES string of the molecule is Cc1nnc(SCC(=O)N[C@@H](C)c2ccc(Cl)c(Cl)c2)n(N)c1=O. The van der Waals surface area contributed by atoms with Crippen LogP contribution in [0.2, 0.25) is 10.0 Å². The minimum absolute atomic E-state index is 0.0417. The van der Waals surface area contributed by atoms with Crippen molar-refractivity contribution in [2.75, 3.05) is 11.6 Å². The maximum absolute atomic E-state index is 12.0. The van der Waals surface area contributed by atoms with Crippen molar-refractivity contribution in [3.05, 3.63) is 49.9 Å². The molecule has 24 heavy (non-hydrogen) atoms. The molecule has 3 N–H and O–H groups in total. The third-order valence-electron chi connectivity index (χ3n) is 3.17. The van der Waals surface area contributed by atoms with Crippen LogP contribution in [-0.2, 0) is 4.79 Å². The van der Waals surface area contributed by atoms with Gasteiger partial charge in [-0.05, 0) is 31.5 Å². The fraction of sp³-hybridized carbons (Fsp3) is 0.286. The molecule has 2 rings (SSSR count). The number of hydrogen-bond donors (Lipinski definition) is 2. The maximum atomic E-state index is 12.0. The highest BCUT2D eigenvalue weighted by Gasteiger charge is 2.14. The number of carbonyl (C=O) groups is 1. The number of nitrogens with one attached hydrogen (secondary N) is 1. The van der Waals surface area contributed by atoms with Crippen LogP contribution in [0, 0.1) is 6.92 Å². The Morgan fingerprint density at radius 3 is 2.75 bits per heavy atom. The van der Waals surface area contributed by atoms with Gasteiger partial charge < -0.3 is 11.2 Å². The predicted molar refractivity (Wildman–Crippen MR) is 94.9 cm³/mol. The molecule has 1 heterocycles. The van der Waals surface area contributed by atoms with E-state index in [1.54, 1.807) is 18.2 Å². The van der Waals surface area contributed by atoms with Crippen molar-refractivity contribution in [2.45, 2.75) is 25.0 Å². The van der Waals surface area contributed by atoms with Gasteiger partial charge in [0.25, 0.3) is 5.56 Å². The molecule has 0 aliphatic carbocycles. The van der Waals surface area contributed by atoms with Gasteiger partial charge in [0.15, 0.2) is 0 Å². The Hall–Kier alpha value is -1.77. The van der Waals surface area contributed by atoms with E-state index < -0.39 is 5.56 Å². The van der Waals surface area contributed by atoms with Gasteiger partial charge in [0.1, 0.15) is 5.69 Å². The predicted octanol–water partition coefficient (Wildman–Crippen LogP) is 1.94. The summed E-state index contributed by atoms with van der Waals surface area (Å²) < 4.78 is 0.878. The molecule has 1 aromatic heterocycles. The maximum Gasteiger partial charge on any atom is 0.294 e. The highest BCUT2D eigenvalue weighted by atomic mass is 35.5. The first-order chi connectivity index (χ1) is 11.3. The lowest BCUT2D eigenvalue weighted by molar-refractivity contribution is -0.119. The van der Waals surface area contributed by atoms with Crippen LogP contribution in [0.4, 0.5) is 0 Å². The summed E-state index contributed by atoms with van der Waals surface area (Å²) in [4.78, 5) is 23.7. The number of aryl methyl sites for hydroxylation is 1. The lowest BCUT2D eigenvalue weighted by atomic mass is 10.1. The molecule has 1 aromatic carbocycles. The molecular weight excluding hydrogens is 373 g/mol. The van der Waals surface area contributed by atoms with E-state index in [1.807, 2.05) is 6.92 Å². The Bertz CT molecular complexity index is 827. The average molecular weight is 388 g/mol. The van der Waals surface area contributed by atoms with Crippen LogP contribution in [0.5, 0.6) is 0 Å². The topological polar surface area (TPSA) is 103 Å². The molecule has 0 radical (unpaired) electrons. The number of benzene rings is 1. The van der Waals surface area contributed by atoms with Crippen molar-refractivity contribution in [3.63, 3.8) is 0 Å². The van der Waals surface area contributed by atoms with E-state index in [1.165, 1.54) is 6.92 Å². The molecule has 7 nitrogen and oxygen atoms in total. The minimum Gasteiger partial charge on any atom is -0.349 e. The van der Waals surface area contributed by atoms with Crippen molar-refractivity contribution >= 4 is 40.9 Å². The summed E-state index contributed by atoms with van der Waals surface area (Å²) in [6.45, 7) is 3.34. The van der Waals surface area contributed by atoms with Gasteiger partial charge in [-0.2, -0.15) is 4.68 Å². The van der Waals surface area contributed by atoms with Crippen LogP contribution in [-0.4, -0.2) is 26.5 Å². The standard InChI is InChI=1S/C14H15Cl2N5O2S/c1-7(9-3-4-10(15)11(16)5-9)18-12(22)6-24-14-20-19-8(2)13(23)21(14)17/h3-5,7H,6,17H2,1-2H3,(H,18,22)/t7-/m0/s1. The van der Waals surface area contributed by atoms with E-state index >= 15 is 0 Å². The zero-order valence-corrected chi connectivity index (χ0v) is 15.2. The quantitative estimate of drug-likeness (QED) is 0.600. The molecule has 0 saturated carbocycles. The van der Waals surface area contributed by atoms with E-state index in [9.17, 15) is 9.59 Å². The smallest absolute Gasteiger partial charge is 0.294 e. The summed E-state index contributed by atoms with van der Waals surface area (Å²) in [7, 11) is 0. The van der Waals surface area contributed by atoms with Crippen LogP contribution in [0.1, 0.15) is 24.2 Å². The monoisotopic (exact) mass is 387 g/mol. The molecule has 2 aromatic rings. The summed E-state index contributed by atoms with van der Waals surface area (Å²) in [5, 5.41) is 11.4. The first-order valence-corrected chi connectivity index (χ1v) is 8.62. The van der Waals surface area contributed by atoms with E-state index in [-0.39, 0.29) is 28.6 Å². The largest absolute Gasteiger partial charge is 0.349 e. The fourth-order valence-corrected chi connectivity index (χ4v) is 2.82. The van der Waals surface area contributed by atoms with Gasteiger partial charge in [0.05, 0.1) is 21.8 Å². The van der Waals surface area contributed by atoms with Crippen molar-refractivity contribution in [3.8, 4) is 0 Å². The number of nitrogen functional groups attached to an aromatic ring is 1. The first kappa shape index (κ1) is 18.6. The third kappa shape index (κ3) is 4.40. The first-order valence-electron chi connectivity index (χ1n) is 6.88. The molecule has 0 aliphatic rings. The van der Waals surface area contributed by atoms with Gasteiger partial charge in [0.2, 0.25) is 11.1 Å². The molecule has 0 fully saturated rings. The third-order valence-corrected chi connectivity index (χ3v) is 4.86. The summed E-state index contributed by atoms with van der Waals surface area (Å²) in [5.41, 5.74) is 0.574. The van der Waals surface area contributed by atoms with Crippen LogP contribution in [0.25, 0.3) is 0 Å².